The fourth-order valence-electron chi connectivity index (χ4n) is 2.75. The summed E-state index contributed by atoms with van der Waals surface area (Å²) in [4.78, 5) is 16.3. The van der Waals surface area contributed by atoms with Crippen molar-refractivity contribution >= 4 is 23.5 Å². The van der Waals surface area contributed by atoms with Gasteiger partial charge in [-0.25, -0.2) is 9.78 Å². The van der Waals surface area contributed by atoms with E-state index in [4.69, 9.17) is 0 Å². The number of rotatable bonds is 5. The smallest absolute Gasteiger partial charge is 0.319 e. The van der Waals surface area contributed by atoms with Gasteiger partial charge in [-0.1, -0.05) is 31.0 Å². The number of nitrogens with one attached hydrogen (secondary N) is 2. The highest BCUT2D eigenvalue weighted by Gasteiger charge is 2.16. The summed E-state index contributed by atoms with van der Waals surface area (Å²) in [6.45, 7) is 0. The molecule has 0 spiro atoms. The molecular formula is C18H21N3OS. The summed E-state index contributed by atoms with van der Waals surface area (Å²) in [5, 5.41) is 6.98. The lowest BCUT2D eigenvalue weighted by molar-refractivity contribution is 0.248. The minimum absolute atomic E-state index is 0.105. The molecule has 1 aliphatic rings. The third-order valence-corrected chi connectivity index (χ3v) is 4.91. The van der Waals surface area contributed by atoms with Gasteiger partial charge in [0.25, 0.3) is 0 Å². The predicted molar refractivity (Wildman–Crippen MR) is 94.7 cm³/mol. The lowest BCUT2D eigenvalue weighted by Crippen LogP contribution is -2.36. The van der Waals surface area contributed by atoms with Crippen molar-refractivity contribution < 1.29 is 4.79 Å². The Hall–Kier alpha value is -2.01. The molecule has 3 rings (SSSR count). The molecule has 1 aromatic heterocycles. The molecule has 2 amide bonds. The maximum absolute atomic E-state index is 12.0. The molecule has 1 aromatic carbocycles. The monoisotopic (exact) mass is 327 g/mol. The Kier molecular flexibility index (Phi) is 5.53. The van der Waals surface area contributed by atoms with E-state index in [-0.39, 0.29) is 6.03 Å². The van der Waals surface area contributed by atoms with E-state index in [9.17, 15) is 4.79 Å². The number of hydrogen-bond acceptors (Lipinski definition) is 3. The molecule has 0 atom stereocenters. The predicted octanol–water partition coefficient (Wildman–Crippen LogP) is 4.44. The number of carbonyl (C=O) groups is 1. The van der Waals surface area contributed by atoms with E-state index < -0.39 is 0 Å². The zero-order valence-electron chi connectivity index (χ0n) is 13.0. The highest BCUT2D eigenvalue weighted by molar-refractivity contribution is 7.98. The average Bonchev–Trinajstić information content (AvgIpc) is 3.07. The number of benzene rings is 1. The standard InChI is InChI=1S/C18H21N3OS/c22-18(20-15-7-1-2-8-15)21-16-9-5-6-14(12-16)13-23-17-10-3-4-11-19-17/h3-6,9-12,15H,1-2,7-8,13H2,(H2,20,21,22). The van der Waals surface area contributed by atoms with Crippen molar-refractivity contribution in [2.75, 3.05) is 5.32 Å². The van der Waals surface area contributed by atoms with Crippen LogP contribution in [0.1, 0.15) is 31.2 Å². The largest absolute Gasteiger partial charge is 0.335 e. The number of hydrogen-bond donors (Lipinski definition) is 2. The first-order chi connectivity index (χ1) is 11.3. The van der Waals surface area contributed by atoms with Crippen LogP contribution >= 0.6 is 11.8 Å². The molecule has 120 valence electrons. The van der Waals surface area contributed by atoms with Crippen LogP contribution in [0.3, 0.4) is 0 Å². The number of urea groups is 1. The van der Waals surface area contributed by atoms with Crippen LogP contribution in [0.15, 0.2) is 53.7 Å². The first kappa shape index (κ1) is 15.9. The number of amides is 2. The summed E-state index contributed by atoms with van der Waals surface area (Å²) in [5.74, 6) is 0.830. The Bertz CT molecular complexity index is 642. The molecule has 1 aliphatic carbocycles. The highest BCUT2D eigenvalue weighted by atomic mass is 32.2. The Morgan fingerprint density at radius 3 is 2.83 bits per heavy atom. The third kappa shape index (κ3) is 4.99. The summed E-state index contributed by atoms with van der Waals surface area (Å²) in [6.07, 6.45) is 6.41. The van der Waals surface area contributed by atoms with Crippen molar-refractivity contribution in [3.63, 3.8) is 0 Å². The highest BCUT2D eigenvalue weighted by Crippen LogP contribution is 2.22. The van der Waals surface area contributed by atoms with E-state index >= 15 is 0 Å². The van der Waals surface area contributed by atoms with Crippen LogP contribution in [-0.4, -0.2) is 17.1 Å². The lowest BCUT2D eigenvalue weighted by Gasteiger charge is -2.13. The molecule has 0 saturated heterocycles. The number of aromatic nitrogens is 1. The van der Waals surface area contributed by atoms with E-state index in [2.05, 4.69) is 21.7 Å². The van der Waals surface area contributed by atoms with Gasteiger partial charge in [-0.15, -0.1) is 11.8 Å². The van der Waals surface area contributed by atoms with E-state index in [0.717, 1.165) is 29.3 Å². The van der Waals surface area contributed by atoms with Gasteiger partial charge in [-0.2, -0.15) is 0 Å². The molecule has 5 heteroatoms. The van der Waals surface area contributed by atoms with E-state index in [0.29, 0.717) is 6.04 Å². The zero-order valence-corrected chi connectivity index (χ0v) is 13.8. The average molecular weight is 327 g/mol. The maximum Gasteiger partial charge on any atom is 0.319 e. The molecule has 0 bridgehead atoms. The van der Waals surface area contributed by atoms with Crippen molar-refractivity contribution in [2.24, 2.45) is 0 Å². The molecule has 1 fully saturated rings. The number of thioether (sulfide) groups is 1. The van der Waals surface area contributed by atoms with E-state index in [1.54, 1.807) is 18.0 Å². The second-order valence-corrected chi connectivity index (χ2v) is 6.73. The molecule has 2 N–H and O–H groups in total. The molecule has 2 aromatic rings. The van der Waals surface area contributed by atoms with Gasteiger partial charge in [0, 0.05) is 23.7 Å². The van der Waals surface area contributed by atoms with Crippen molar-refractivity contribution in [3.8, 4) is 0 Å². The Morgan fingerprint density at radius 2 is 2.04 bits per heavy atom. The van der Waals surface area contributed by atoms with Crippen LogP contribution in [0.25, 0.3) is 0 Å². The van der Waals surface area contributed by atoms with Gasteiger partial charge >= 0.3 is 6.03 Å². The maximum atomic E-state index is 12.0. The summed E-state index contributed by atoms with van der Waals surface area (Å²) < 4.78 is 0. The summed E-state index contributed by atoms with van der Waals surface area (Å²) in [5.41, 5.74) is 2.00. The number of carbonyl (C=O) groups excluding carboxylic acids is 1. The molecule has 23 heavy (non-hydrogen) atoms. The second-order valence-electron chi connectivity index (χ2n) is 5.74. The summed E-state index contributed by atoms with van der Waals surface area (Å²) in [7, 11) is 0. The first-order valence-electron chi connectivity index (χ1n) is 8.00. The molecule has 0 radical (unpaired) electrons. The van der Waals surface area contributed by atoms with Crippen molar-refractivity contribution in [1.82, 2.24) is 10.3 Å². The van der Waals surface area contributed by atoms with E-state index in [1.165, 1.54) is 18.4 Å². The summed E-state index contributed by atoms with van der Waals surface area (Å²) in [6, 6.07) is 14.1. The SMILES string of the molecule is O=C(Nc1cccc(CSc2ccccn2)c1)NC1CCCC1. The minimum atomic E-state index is -0.105. The number of nitrogens with zero attached hydrogens (tertiary/aromatic N) is 1. The van der Waals surface area contributed by atoms with Gasteiger partial charge in [0.1, 0.15) is 0 Å². The molecule has 1 saturated carbocycles. The second kappa shape index (κ2) is 8.02. The van der Waals surface area contributed by atoms with Crippen LogP contribution in [0.2, 0.25) is 0 Å². The van der Waals surface area contributed by atoms with Crippen LogP contribution < -0.4 is 10.6 Å². The van der Waals surface area contributed by atoms with Crippen molar-refractivity contribution in [1.29, 1.82) is 0 Å². The first-order valence-corrected chi connectivity index (χ1v) is 8.98. The van der Waals surface area contributed by atoms with Crippen LogP contribution in [0, 0.1) is 0 Å². The van der Waals surface area contributed by atoms with Gasteiger partial charge in [-0.3, -0.25) is 0 Å². The van der Waals surface area contributed by atoms with Crippen LogP contribution in [0.4, 0.5) is 10.5 Å². The topological polar surface area (TPSA) is 54.0 Å². The quantitative estimate of drug-likeness (QED) is 0.798. The van der Waals surface area contributed by atoms with E-state index in [1.807, 2.05) is 36.4 Å². The molecule has 0 unspecified atom stereocenters. The number of anilines is 1. The van der Waals surface area contributed by atoms with Crippen molar-refractivity contribution in [2.45, 2.75) is 42.5 Å². The Morgan fingerprint density at radius 1 is 1.17 bits per heavy atom. The number of pyridine rings is 1. The van der Waals surface area contributed by atoms with Gasteiger partial charge < -0.3 is 10.6 Å². The molecule has 1 heterocycles. The molecular weight excluding hydrogens is 306 g/mol. The van der Waals surface area contributed by atoms with Gasteiger partial charge in [0.2, 0.25) is 0 Å². The lowest BCUT2D eigenvalue weighted by atomic mass is 10.2. The minimum Gasteiger partial charge on any atom is -0.335 e. The van der Waals surface area contributed by atoms with Gasteiger partial charge in [0.05, 0.1) is 5.03 Å². The zero-order chi connectivity index (χ0) is 15.9. The van der Waals surface area contributed by atoms with Crippen molar-refractivity contribution in [3.05, 3.63) is 54.2 Å². The Labute approximate surface area is 141 Å². The molecule has 4 nitrogen and oxygen atoms in total. The molecule has 0 aliphatic heterocycles. The summed E-state index contributed by atoms with van der Waals surface area (Å²) >= 11 is 1.69. The van der Waals surface area contributed by atoms with Gasteiger partial charge in [-0.05, 0) is 42.7 Å². The fraction of sp³-hybridized carbons (Fsp3) is 0.333. The van der Waals surface area contributed by atoms with Crippen LogP contribution in [-0.2, 0) is 5.75 Å². The van der Waals surface area contributed by atoms with Gasteiger partial charge in [0.15, 0.2) is 0 Å². The Balaban J connectivity index is 1.53. The normalized spacial score (nSPS) is 14.6. The van der Waals surface area contributed by atoms with Crippen LogP contribution in [0.5, 0.6) is 0 Å². The third-order valence-electron chi connectivity index (χ3n) is 3.90. The fourth-order valence-corrected chi connectivity index (χ4v) is 3.56.